The molecule has 0 spiro atoms. The molecule has 0 aliphatic rings. The highest BCUT2D eigenvalue weighted by molar-refractivity contribution is 5.85. The predicted molar refractivity (Wildman–Crippen MR) is 51.7 cm³/mol. The fourth-order valence-electron chi connectivity index (χ4n) is 0.759. The van der Waals surface area contributed by atoms with E-state index < -0.39 is 30.6 Å². The minimum absolute atomic E-state index is 0.191. The summed E-state index contributed by atoms with van der Waals surface area (Å²) in [6.07, 6.45) is 0. The number of amides is 2. The van der Waals surface area contributed by atoms with Gasteiger partial charge in [0.2, 0.25) is 0 Å². The van der Waals surface area contributed by atoms with Crippen molar-refractivity contribution in [1.82, 2.24) is 10.6 Å². The van der Waals surface area contributed by atoms with Crippen LogP contribution in [0.5, 0.6) is 0 Å². The largest absolute Gasteiger partial charge is 0.480 e. The molecule has 2 amide bonds. The molecule has 0 fully saturated rings. The highest BCUT2D eigenvalue weighted by Crippen LogP contribution is 1.82. The van der Waals surface area contributed by atoms with Gasteiger partial charge in [0.25, 0.3) is 0 Å². The summed E-state index contributed by atoms with van der Waals surface area (Å²) in [6, 6.07) is -2.27. The van der Waals surface area contributed by atoms with Gasteiger partial charge in [0.15, 0.2) is 6.04 Å². The maximum Gasteiger partial charge on any atom is 0.328 e. The standard InChI is InChI=1S/C8H14N2O6/c1-2-16-6(12)3-9-8(15)10-5(4-11)7(13)14/h5,11H,2-4H2,1H3,(H,13,14)(H2,9,10,15). The second-order valence-electron chi connectivity index (χ2n) is 2.71. The third-order valence-electron chi connectivity index (χ3n) is 1.48. The number of hydrogen-bond donors (Lipinski definition) is 4. The van der Waals surface area contributed by atoms with Gasteiger partial charge in [-0.2, -0.15) is 0 Å². The molecular formula is C8H14N2O6. The summed E-state index contributed by atoms with van der Waals surface area (Å²) in [4.78, 5) is 32.2. The Kier molecular flexibility index (Phi) is 6.61. The predicted octanol–water partition coefficient (Wildman–Crippen LogP) is -1.71. The van der Waals surface area contributed by atoms with Gasteiger partial charge in [0.1, 0.15) is 6.54 Å². The van der Waals surface area contributed by atoms with Crippen LogP contribution in [0.15, 0.2) is 0 Å². The molecule has 1 unspecified atom stereocenters. The lowest BCUT2D eigenvalue weighted by atomic mass is 10.3. The normalized spacial score (nSPS) is 11.4. The van der Waals surface area contributed by atoms with E-state index in [-0.39, 0.29) is 13.2 Å². The Bertz CT molecular complexity index is 267. The Labute approximate surface area is 91.6 Å². The molecule has 0 aromatic heterocycles. The van der Waals surface area contributed by atoms with Crippen LogP contribution in [-0.2, 0) is 14.3 Å². The summed E-state index contributed by atoms with van der Waals surface area (Å²) >= 11 is 0. The zero-order chi connectivity index (χ0) is 12.6. The van der Waals surface area contributed by atoms with Crippen molar-refractivity contribution in [3.8, 4) is 0 Å². The number of aliphatic carboxylic acids is 1. The lowest BCUT2D eigenvalue weighted by Gasteiger charge is -2.12. The quantitative estimate of drug-likeness (QED) is 0.406. The zero-order valence-electron chi connectivity index (χ0n) is 8.73. The van der Waals surface area contributed by atoms with Crippen LogP contribution in [0.1, 0.15) is 6.92 Å². The van der Waals surface area contributed by atoms with Gasteiger partial charge in [-0.15, -0.1) is 0 Å². The first-order valence-electron chi connectivity index (χ1n) is 4.54. The van der Waals surface area contributed by atoms with Crippen molar-refractivity contribution in [3.05, 3.63) is 0 Å². The number of carbonyl (C=O) groups is 3. The summed E-state index contributed by atoms with van der Waals surface area (Å²) in [7, 11) is 0. The lowest BCUT2D eigenvalue weighted by molar-refractivity contribution is -0.141. The molecule has 0 aliphatic carbocycles. The minimum atomic E-state index is -1.40. The monoisotopic (exact) mass is 234 g/mol. The van der Waals surface area contributed by atoms with E-state index in [1.54, 1.807) is 6.92 Å². The first-order chi connectivity index (χ1) is 7.51. The Balaban J connectivity index is 3.89. The summed E-state index contributed by atoms with van der Waals surface area (Å²) in [5, 5.41) is 21.1. The van der Waals surface area contributed by atoms with Gasteiger partial charge in [-0.05, 0) is 6.92 Å². The molecule has 8 nitrogen and oxygen atoms in total. The van der Waals surface area contributed by atoms with E-state index in [4.69, 9.17) is 10.2 Å². The number of ether oxygens (including phenoxy) is 1. The van der Waals surface area contributed by atoms with Crippen molar-refractivity contribution in [2.45, 2.75) is 13.0 Å². The topological polar surface area (TPSA) is 125 Å². The van der Waals surface area contributed by atoms with Crippen LogP contribution in [-0.4, -0.2) is 54.0 Å². The third-order valence-corrected chi connectivity index (χ3v) is 1.48. The fraction of sp³-hybridized carbons (Fsp3) is 0.625. The van der Waals surface area contributed by atoms with E-state index in [9.17, 15) is 14.4 Å². The maximum absolute atomic E-state index is 11.0. The molecule has 4 N–H and O–H groups in total. The molecule has 1 atom stereocenters. The minimum Gasteiger partial charge on any atom is -0.480 e. The number of nitrogens with one attached hydrogen (secondary N) is 2. The van der Waals surface area contributed by atoms with Crippen molar-refractivity contribution < 1.29 is 29.3 Å². The number of carboxylic acids is 1. The van der Waals surface area contributed by atoms with Crippen LogP contribution >= 0.6 is 0 Å². The van der Waals surface area contributed by atoms with Gasteiger partial charge >= 0.3 is 18.0 Å². The molecule has 92 valence electrons. The first-order valence-corrected chi connectivity index (χ1v) is 4.54. The Morgan fingerprint density at radius 2 is 2.00 bits per heavy atom. The summed E-state index contributed by atoms with van der Waals surface area (Å²) in [5.74, 6) is -2.00. The van der Waals surface area contributed by atoms with Crippen LogP contribution in [0.4, 0.5) is 4.79 Å². The van der Waals surface area contributed by atoms with E-state index in [1.807, 2.05) is 5.32 Å². The van der Waals surface area contributed by atoms with Crippen LogP contribution in [0.3, 0.4) is 0 Å². The molecule has 0 aromatic carbocycles. The van der Waals surface area contributed by atoms with Crippen molar-refractivity contribution in [1.29, 1.82) is 0 Å². The smallest absolute Gasteiger partial charge is 0.328 e. The van der Waals surface area contributed by atoms with Crippen LogP contribution < -0.4 is 10.6 Å². The first kappa shape index (κ1) is 14.2. The van der Waals surface area contributed by atoms with Crippen LogP contribution in [0.2, 0.25) is 0 Å². The molecule has 0 bridgehead atoms. The molecule has 0 rings (SSSR count). The molecule has 8 heteroatoms. The number of carboxylic acid groups (broad SMARTS) is 1. The molecule has 16 heavy (non-hydrogen) atoms. The number of aliphatic hydroxyl groups is 1. The Morgan fingerprint density at radius 3 is 2.44 bits per heavy atom. The average molecular weight is 234 g/mol. The molecule has 0 saturated carbocycles. The number of carbonyl (C=O) groups excluding carboxylic acids is 2. The summed E-state index contributed by atoms with van der Waals surface area (Å²) < 4.78 is 4.52. The molecule has 0 aromatic rings. The van der Waals surface area contributed by atoms with Gasteiger partial charge in [-0.1, -0.05) is 0 Å². The number of aliphatic hydroxyl groups excluding tert-OH is 1. The van der Waals surface area contributed by atoms with Crippen LogP contribution in [0.25, 0.3) is 0 Å². The van der Waals surface area contributed by atoms with E-state index in [0.717, 1.165) is 0 Å². The second-order valence-corrected chi connectivity index (χ2v) is 2.71. The number of hydrogen-bond acceptors (Lipinski definition) is 5. The third kappa shape index (κ3) is 5.81. The molecule has 0 saturated heterocycles. The van der Waals surface area contributed by atoms with Crippen molar-refractivity contribution >= 4 is 18.0 Å². The highest BCUT2D eigenvalue weighted by Gasteiger charge is 2.18. The molecular weight excluding hydrogens is 220 g/mol. The summed E-state index contributed by atoms with van der Waals surface area (Å²) in [6.45, 7) is 0.709. The maximum atomic E-state index is 11.0. The second kappa shape index (κ2) is 7.46. The van der Waals surface area contributed by atoms with E-state index in [1.165, 1.54) is 0 Å². The van der Waals surface area contributed by atoms with Gasteiger partial charge in [0.05, 0.1) is 13.2 Å². The van der Waals surface area contributed by atoms with Crippen LogP contribution in [0, 0.1) is 0 Å². The van der Waals surface area contributed by atoms with Crippen molar-refractivity contribution in [2.24, 2.45) is 0 Å². The number of urea groups is 1. The average Bonchev–Trinajstić information content (AvgIpc) is 2.23. The van der Waals surface area contributed by atoms with E-state index in [2.05, 4.69) is 10.1 Å². The fourth-order valence-corrected chi connectivity index (χ4v) is 0.759. The van der Waals surface area contributed by atoms with E-state index in [0.29, 0.717) is 0 Å². The Hall–Kier alpha value is -1.83. The Morgan fingerprint density at radius 1 is 1.38 bits per heavy atom. The van der Waals surface area contributed by atoms with Crippen molar-refractivity contribution in [2.75, 3.05) is 19.8 Å². The van der Waals surface area contributed by atoms with Gasteiger partial charge in [-0.25, -0.2) is 9.59 Å². The zero-order valence-corrected chi connectivity index (χ0v) is 8.73. The highest BCUT2D eigenvalue weighted by atomic mass is 16.5. The van der Waals surface area contributed by atoms with Crippen molar-refractivity contribution in [3.63, 3.8) is 0 Å². The van der Waals surface area contributed by atoms with Gasteiger partial charge < -0.3 is 25.6 Å². The van der Waals surface area contributed by atoms with E-state index >= 15 is 0 Å². The van der Waals surface area contributed by atoms with Gasteiger partial charge in [-0.3, -0.25) is 4.79 Å². The summed E-state index contributed by atoms with van der Waals surface area (Å²) in [5.41, 5.74) is 0. The number of esters is 1. The molecule has 0 radical (unpaired) electrons. The lowest BCUT2D eigenvalue weighted by Crippen LogP contribution is -2.49. The number of rotatable bonds is 6. The molecule has 0 heterocycles. The molecule has 0 aliphatic heterocycles. The van der Waals surface area contributed by atoms with Gasteiger partial charge in [0, 0.05) is 0 Å². The SMILES string of the molecule is CCOC(=O)CNC(=O)NC(CO)C(=O)O.